The summed E-state index contributed by atoms with van der Waals surface area (Å²) in [5.41, 5.74) is 0.893. The lowest BCUT2D eigenvalue weighted by atomic mass is 10.2. The minimum absolute atomic E-state index is 0.0695. The molecule has 0 aliphatic rings. The van der Waals surface area contributed by atoms with Crippen LogP contribution in [0.1, 0.15) is 30.6 Å². The maximum atomic E-state index is 12.0. The van der Waals surface area contributed by atoms with Gasteiger partial charge in [-0.3, -0.25) is 9.52 Å². The Hall–Kier alpha value is -1.56. The molecule has 0 heterocycles. The van der Waals surface area contributed by atoms with Gasteiger partial charge < -0.3 is 4.90 Å². The van der Waals surface area contributed by atoms with Crippen molar-refractivity contribution in [1.82, 2.24) is 4.90 Å². The topological polar surface area (TPSA) is 66.5 Å². The van der Waals surface area contributed by atoms with Crippen molar-refractivity contribution in [2.45, 2.75) is 20.3 Å². The van der Waals surface area contributed by atoms with E-state index in [1.54, 1.807) is 43.1 Å². The van der Waals surface area contributed by atoms with Gasteiger partial charge in [0, 0.05) is 24.8 Å². The number of benzene rings is 1. The summed E-state index contributed by atoms with van der Waals surface area (Å²) >= 11 is 0. The predicted octanol–water partition coefficient (Wildman–Crippen LogP) is 1.93. The van der Waals surface area contributed by atoms with E-state index in [-0.39, 0.29) is 11.7 Å². The van der Waals surface area contributed by atoms with Gasteiger partial charge in [0.05, 0.1) is 5.75 Å². The zero-order valence-corrected chi connectivity index (χ0v) is 12.3. The molecule has 0 unspecified atom stereocenters. The summed E-state index contributed by atoms with van der Waals surface area (Å²) < 4.78 is 25.8. The Bertz CT molecular complexity index is 541. The van der Waals surface area contributed by atoms with Crippen LogP contribution >= 0.6 is 0 Å². The molecule has 0 fully saturated rings. The van der Waals surface area contributed by atoms with Gasteiger partial charge in [-0.15, -0.1) is 0 Å². The molecule has 0 saturated carbocycles. The summed E-state index contributed by atoms with van der Waals surface area (Å²) in [6, 6.07) is 6.53. The maximum Gasteiger partial charge on any atom is 0.253 e. The Kier molecular flexibility index (Phi) is 5.35. The molecule has 0 bridgehead atoms. The molecule has 0 aliphatic heterocycles. The number of hydrogen-bond donors (Lipinski definition) is 1. The fraction of sp³-hybridized carbons (Fsp3) is 0.462. The van der Waals surface area contributed by atoms with Crippen LogP contribution in [0.4, 0.5) is 5.69 Å². The Morgan fingerprint density at radius 2 is 2.00 bits per heavy atom. The fourth-order valence-corrected chi connectivity index (χ4v) is 2.70. The summed E-state index contributed by atoms with van der Waals surface area (Å²) in [6.45, 7) is 4.28. The van der Waals surface area contributed by atoms with E-state index in [4.69, 9.17) is 0 Å². The Morgan fingerprint density at radius 1 is 1.32 bits per heavy atom. The summed E-state index contributed by atoms with van der Waals surface area (Å²) in [6.07, 6.45) is 0.548. The molecular formula is C13H20N2O3S. The van der Waals surface area contributed by atoms with Crippen molar-refractivity contribution in [1.29, 1.82) is 0 Å². The molecule has 0 saturated heterocycles. The van der Waals surface area contributed by atoms with Gasteiger partial charge in [0.25, 0.3) is 5.91 Å². The van der Waals surface area contributed by atoms with Gasteiger partial charge in [-0.2, -0.15) is 0 Å². The van der Waals surface area contributed by atoms with Crippen molar-refractivity contribution in [2.75, 3.05) is 24.1 Å². The van der Waals surface area contributed by atoms with Gasteiger partial charge in [0.15, 0.2) is 0 Å². The molecule has 1 aromatic carbocycles. The normalized spacial score (nSPS) is 11.1. The monoisotopic (exact) mass is 284 g/mol. The first-order valence-corrected chi connectivity index (χ1v) is 7.91. The van der Waals surface area contributed by atoms with Crippen LogP contribution in [0.5, 0.6) is 0 Å². The van der Waals surface area contributed by atoms with Crippen molar-refractivity contribution < 1.29 is 13.2 Å². The van der Waals surface area contributed by atoms with E-state index in [1.165, 1.54) is 0 Å². The lowest BCUT2D eigenvalue weighted by Gasteiger charge is -2.15. The molecule has 0 radical (unpaired) electrons. The first-order chi connectivity index (χ1) is 8.89. The van der Waals surface area contributed by atoms with Gasteiger partial charge >= 0.3 is 0 Å². The molecule has 1 N–H and O–H groups in total. The number of sulfonamides is 1. The van der Waals surface area contributed by atoms with Crippen LogP contribution in [0.25, 0.3) is 0 Å². The van der Waals surface area contributed by atoms with E-state index in [2.05, 4.69) is 4.72 Å². The third-order valence-corrected chi connectivity index (χ3v) is 4.17. The van der Waals surface area contributed by atoms with Crippen LogP contribution in [0, 0.1) is 0 Å². The minimum atomic E-state index is -3.33. The van der Waals surface area contributed by atoms with Crippen molar-refractivity contribution in [3.8, 4) is 0 Å². The molecule has 0 spiro atoms. The van der Waals surface area contributed by atoms with Crippen molar-refractivity contribution >= 4 is 21.6 Å². The van der Waals surface area contributed by atoms with Crippen LogP contribution in [-0.4, -0.2) is 38.6 Å². The van der Waals surface area contributed by atoms with Crippen molar-refractivity contribution in [2.24, 2.45) is 0 Å². The molecule has 19 heavy (non-hydrogen) atoms. The summed E-state index contributed by atoms with van der Waals surface area (Å²) in [5, 5.41) is 0. The Balaban J connectivity index is 2.92. The highest BCUT2D eigenvalue weighted by Gasteiger charge is 2.13. The predicted molar refractivity (Wildman–Crippen MR) is 76.8 cm³/mol. The van der Waals surface area contributed by atoms with Crippen LogP contribution < -0.4 is 4.72 Å². The quantitative estimate of drug-likeness (QED) is 0.868. The Morgan fingerprint density at radius 3 is 2.58 bits per heavy atom. The van der Waals surface area contributed by atoms with E-state index in [9.17, 15) is 13.2 Å². The zero-order chi connectivity index (χ0) is 14.5. The number of nitrogens with one attached hydrogen (secondary N) is 1. The maximum absolute atomic E-state index is 12.0. The minimum Gasteiger partial charge on any atom is -0.342 e. The highest BCUT2D eigenvalue weighted by Crippen LogP contribution is 2.14. The first-order valence-electron chi connectivity index (χ1n) is 6.25. The van der Waals surface area contributed by atoms with E-state index in [1.807, 2.05) is 6.92 Å². The smallest absolute Gasteiger partial charge is 0.253 e. The van der Waals surface area contributed by atoms with Crippen LogP contribution in [0.2, 0.25) is 0 Å². The summed E-state index contributed by atoms with van der Waals surface area (Å²) in [4.78, 5) is 13.5. The second-order valence-corrected chi connectivity index (χ2v) is 6.16. The molecule has 1 amide bonds. The standard InChI is InChI=1S/C13H20N2O3S/c1-4-9-19(17,18)14-12-8-6-7-11(10-12)13(16)15(3)5-2/h6-8,10,14H,4-5,9H2,1-3H3. The molecule has 0 atom stereocenters. The summed E-state index contributed by atoms with van der Waals surface area (Å²) in [7, 11) is -1.62. The molecule has 106 valence electrons. The third kappa shape index (κ3) is 4.55. The molecule has 1 aromatic rings. The second-order valence-electron chi connectivity index (χ2n) is 4.32. The van der Waals surface area contributed by atoms with E-state index in [0.717, 1.165) is 0 Å². The summed E-state index contributed by atoms with van der Waals surface area (Å²) in [5.74, 6) is -0.0564. The van der Waals surface area contributed by atoms with Gasteiger partial charge in [-0.05, 0) is 31.5 Å². The highest BCUT2D eigenvalue weighted by molar-refractivity contribution is 7.92. The number of hydrogen-bond acceptors (Lipinski definition) is 3. The molecule has 0 aromatic heterocycles. The van der Waals surface area contributed by atoms with E-state index < -0.39 is 10.0 Å². The lowest BCUT2D eigenvalue weighted by molar-refractivity contribution is 0.0802. The number of anilines is 1. The average Bonchev–Trinajstić information content (AvgIpc) is 2.36. The third-order valence-electron chi connectivity index (χ3n) is 2.68. The number of carbonyl (C=O) groups excluding carboxylic acids is 1. The van der Waals surface area contributed by atoms with E-state index >= 15 is 0 Å². The van der Waals surface area contributed by atoms with E-state index in [0.29, 0.717) is 24.2 Å². The molecule has 1 rings (SSSR count). The second kappa shape index (κ2) is 6.56. The SMILES string of the molecule is CCCS(=O)(=O)Nc1cccc(C(=O)N(C)CC)c1. The zero-order valence-electron chi connectivity index (χ0n) is 11.5. The van der Waals surface area contributed by atoms with Crippen LogP contribution in [0.3, 0.4) is 0 Å². The average molecular weight is 284 g/mol. The Labute approximate surface area is 114 Å². The van der Waals surface area contributed by atoms with Gasteiger partial charge in [0.2, 0.25) is 10.0 Å². The van der Waals surface area contributed by atoms with Gasteiger partial charge in [-0.25, -0.2) is 8.42 Å². The number of carbonyl (C=O) groups is 1. The molecule has 5 nitrogen and oxygen atoms in total. The van der Waals surface area contributed by atoms with Crippen molar-refractivity contribution in [3.63, 3.8) is 0 Å². The van der Waals surface area contributed by atoms with Gasteiger partial charge in [-0.1, -0.05) is 13.0 Å². The molecular weight excluding hydrogens is 264 g/mol. The van der Waals surface area contributed by atoms with Gasteiger partial charge in [0.1, 0.15) is 0 Å². The van der Waals surface area contributed by atoms with Crippen LogP contribution in [-0.2, 0) is 10.0 Å². The molecule has 0 aliphatic carbocycles. The molecule has 6 heteroatoms. The lowest BCUT2D eigenvalue weighted by Crippen LogP contribution is -2.26. The number of nitrogens with zero attached hydrogens (tertiary/aromatic N) is 1. The fourth-order valence-electron chi connectivity index (χ4n) is 1.58. The largest absolute Gasteiger partial charge is 0.342 e. The van der Waals surface area contributed by atoms with Crippen LogP contribution in [0.15, 0.2) is 24.3 Å². The van der Waals surface area contributed by atoms with Crippen molar-refractivity contribution in [3.05, 3.63) is 29.8 Å². The number of amides is 1. The highest BCUT2D eigenvalue weighted by atomic mass is 32.2. The first kappa shape index (κ1) is 15.5. The number of rotatable bonds is 6.